The summed E-state index contributed by atoms with van der Waals surface area (Å²) in [5, 5.41) is 9.96. The number of rotatable bonds is 3. The van der Waals surface area contributed by atoms with Crippen LogP contribution in [0.3, 0.4) is 0 Å². The molecule has 0 atom stereocenters. The van der Waals surface area contributed by atoms with E-state index < -0.39 is 10.0 Å². The molecule has 2 N–H and O–H groups in total. The number of nitrogens with one attached hydrogen (secondary N) is 1. The molecule has 3 rings (SSSR count). The monoisotopic (exact) mass is 308 g/mol. The van der Waals surface area contributed by atoms with Crippen LogP contribution in [0.4, 0.5) is 5.69 Å². The van der Waals surface area contributed by atoms with Crippen molar-refractivity contribution in [3.63, 3.8) is 0 Å². The number of hydrogen-bond donors (Lipinski definition) is 2. The summed E-state index contributed by atoms with van der Waals surface area (Å²) in [7, 11) is -3.51. The molecule has 1 aliphatic heterocycles. The molecule has 8 heteroatoms. The average Bonchev–Trinajstić information content (AvgIpc) is 3.03. The Bertz CT molecular complexity index is 707. The zero-order chi connectivity index (χ0) is 14.9. The lowest BCUT2D eigenvalue weighted by Crippen LogP contribution is -2.48. The summed E-state index contributed by atoms with van der Waals surface area (Å²) in [5.41, 5.74) is 0.732. The first kappa shape index (κ1) is 13.9. The van der Waals surface area contributed by atoms with Crippen LogP contribution in [0, 0.1) is 0 Å². The molecular weight excluding hydrogens is 292 g/mol. The van der Waals surface area contributed by atoms with Gasteiger partial charge in [0.05, 0.1) is 18.2 Å². The highest BCUT2D eigenvalue weighted by atomic mass is 32.2. The summed E-state index contributed by atoms with van der Waals surface area (Å²) in [5.74, 6) is 0.211. The topological polar surface area (TPSA) is 89.5 Å². The van der Waals surface area contributed by atoms with Crippen LogP contribution >= 0.6 is 0 Å². The molecule has 2 heterocycles. The lowest BCUT2D eigenvalue weighted by molar-refractivity contribution is 0.381. The smallest absolute Gasteiger partial charge is 0.260 e. The maximum Gasteiger partial charge on any atom is 0.260 e. The van der Waals surface area contributed by atoms with Crippen molar-refractivity contribution >= 4 is 15.7 Å². The van der Waals surface area contributed by atoms with Gasteiger partial charge in [0.1, 0.15) is 5.75 Å². The minimum Gasteiger partial charge on any atom is -0.506 e. The first-order chi connectivity index (χ1) is 10.1. The standard InChI is InChI=1S/C13H16N4O3S/c18-12-4-2-1-3-11(12)16-5-7-17(8-6-16)21(19,20)13-9-14-10-15-13/h1-4,9-10,18H,5-8H2,(H,14,15). The Balaban J connectivity index is 1.73. The molecule has 1 saturated heterocycles. The highest BCUT2D eigenvalue weighted by Crippen LogP contribution is 2.28. The average molecular weight is 308 g/mol. The van der Waals surface area contributed by atoms with E-state index in [4.69, 9.17) is 0 Å². The molecule has 0 radical (unpaired) electrons. The summed E-state index contributed by atoms with van der Waals surface area (Å²) in [6.07, 6.45) is 2.66. The largest absolute Gasteiger partial charge is 0.506 e. The molecule has 1 aromatic carbocycles. The number of aromatic amines is 1. The molecular formula is C13H16N4O3S. The summed E-state index contributed by atoms with van der Waals surface area (Å²) < 4.78 is 26.1. The molecule has 0 aliphatic carbocycles. The summed E-state index contributed by atoms with van der Waals surface area (Å²) in [4.78, 5) is 8.37. The SMILES string of the molecule is O=S(=O)(c1cnc[nH]1)N1CCN(c2ccccc2O)CC1. The van der Waals surface area contributed by atoms with Crippen LogP contribution in [0.25, 0.3) is 0 Å². The molecule has 1 aromatic heterocycles. The maximum atomic E-state index is 12.3. The van der Waals surface area contributed by atoms with Crippen LogP contribution in [0.15, 0.2) is 41.8 Å². The van der Waals surface area contributed by atoms with Crippen LogP contribution < -0.4 is 4.90 Å². The van der Waals surface area contributed by atoms with Gasteiger partial charge in [-0.15, -0.1) is 0 Å². The molecule has 1 aliphatic rings. The molecule has 21 heavy (non-hydrogen) atoms. The van der Waals surface area contributed by atoms with E-state index in [1.54, 1.807) is 12.1 Å². The van der Waals surface area contributed by atoms with Crippen molar-refractivity contribution in [2.45, 2.75) is 5.03 Å². The van der Waals surface area contributed by atoms with Crippen LogP contribution in [0.2, 0.25) is 0 Å². The first-order valence-corrected chi connectivity index (χ1v) is 8.04. The van der Waals surface area contributed by atoms with Gasteiger partial charge in [-0.1, -0.05) is 12.1 Å². The fourth-order valence-corrected chi connectivity index (χ4v) is 3.74. The highest BCUT2D eigenvalue weighted by molar-refractivity contribution is 7.89. The van der Waals surface area contributed by atoms with E-state index in [9.17, 15) is 13.5 Å². The van der Waals surface area contributed by atoms with Gasteiger partial charge in [0.25, 0.3) is 10.0 Å². The quantitative estimate of drug-likeness (QED) is 0.868. The van der Waals surface area contributed by atoms with Crippen LogP contribution in [-0.4, -0.2) is 54.0 Å². The molecule has 7 nitrogen and oxygen atoms in total. The van der Waals surface area contributed by atoms with E-state index in [1.807, 2.05) is 17.0 Å². The van der Waals surface area contributed by atoms with Crippen LogP contribution in [0.5, 0.6) is 5.75 Å². The molecule has 0 spiro atoms. The third-order valence-corrected chi connectivity index (χ3v) is 5.38. The Morgan fingerprint density at radius 2 is 1.86 bits per heavy atom. The van der Waals surface area contributed by atoms with Gasteiger partial charge in [0.2, 0.25) is 0 Å². The molecule has 0 saturated carbocycles. The molecule has 0 unspecified atom stereocenters. The van der Waals surface area contributed by atoms with Crippen molar-refractivity contribution in [1.82, 2.24) is 14.3 Å². The lowest BCUT2D eigenvalue weighted by Gasteiger charge is -2.35. The highest BCUT2D eigenvalue weighted by Gasteiger charge is 2.29. The second-order valence-electron chi connectivity index (χ2n) is 4.80. The number of H-pyrrole nitrogens is 1. The number of aromatic hydroxyl groups is 1. The van der Waals surface area contributed by atoms with Gasteiger partial charge < -0.3 is 15.0 Å². The van der Waals surface area contributed by atoms with Crippen molar-refractivity contribution in [3.8, 4) is 5.75 Å². The van der Waals surface area contributed by atoms with Gasteiger partial charge in [-0.25, -0.2) is 13.4 Å². The Morgan fingerprint density at radius 1 is 1.14 bits per heavy atom. The van der Waals surface area contributed by atoms with Gasteiger partial charge in [-0.05, 0) is 12.1 Å². The number of phenolic OH excluding ortho intramolecular Hbond substituents is 1. The minimum absolute atomic E-state index is 0.110. The van der Waals surface area contributed by atoms with Crippen molar-refractivity contribution in [1.29, 1.82) is 0 Å². The number of phenols is 1. The molecule has 2 aromatic rings. The number of piperazine rings is 1. The summed E-state index contributed by atoms with van der Waals surface area (Å²) in [6, 6.07) is 7.07. The first-order valence-electron chi connectivity index (χ1n) is 6.60. The van der Waals surface area contributed by atoms with Crippen LogP contribution in [-0.2, 0) is 10.0 Å². The molecule has 1 fully saturated rings. The summed E-state index contributed by atoms with van der Waals surface area (Å²) >= 11 is 0. The van der Waals surface area contributed by atoms with Crippen molar-refractivity contribution in [2.24, 2.45) is 0 Å². The Kier molecular flexibility index (Phi) is 3.56. The number of para-hydroxylation sites is 2. The van der Waals surface area contributed by atoms with E-state index in [1.165, 1.54) is 16.8 Å². The lowest BCUT2D eigenvalue weighted by atomic mass is 10.2. The third kappa shape index (κ3) is 2.59. The summed E-state index contributed by atoms with van der Waals surface area (Å²) in [6.45, 7) is 1.81. The van der Waals surface area contributed by atoms with Gasteiger partial charge in [0, 0.05) is 26.2 Å². The molecule has 0 amide bonds. The van der Waals surface area contributed by atoms with Crippen molar-refractivity contribution in [3.05, 3.63) is 36.8 Å². The van der Waals surface area contributed by atoms with E-state index in [2.05, 4.69) is 9.97 Å². The van der Waals surface area contributed by atoms with Gasteiger partial charge >= 0.3 is 0 Å². The molecule has 0 bridgehead atoms. The van der Waals surface area contributed by atoms with Crippen molar-refractivity contribution < 1.29 is 13.5 Å². The Hall–Kier alpha value is -2.06. The minimum atomic E-state index is -3.51. The fourth-order valence-electron chi connectivity index (χ4n) is 2.42. The van der Waals surface area contributed by atoms with E-state index in [-0.39, 0.29) is 10.8 Å². The van der Waals surface area contributed by atoms with E-state index >= 15 is 0 Å². The van der Waals surface area contributed by atoms with Crippen molar-refractivity contribution in [2.75, 3.05) is 31.1 Å². The number of benzene rings is 1. The maximum absolute atomic E-state index is 12.3. The predicted octanol–water partition coefficient (Wildman–Crippen LogP) is 0.626. The second kappa shape index (κ2) is 5.38. The van der Waals surface area contributed by atoms with Crippen LogP contribution in [0.1, 0.15) is 0 Å². The number of nitrogens with zero attached hydrogens (tertiary/aromatic N) is 3. The predicted molar refractivity (Wildman–Crippen MR) is 77.7 cm³/mol. The molecule has 112 valence electrons. The van der Waals surface area contributed by atoms with Gasteiger partial charge in [-0.3, -0.25) is 0 Å². The second-order valence-corrected chi connectivity index (χ2v) is 6.70. The fraction of sp³-hybridized carbons (Fsp3) is 0.308. The zero-order valence-electron chi connectivity index (χ0n) is 11.3. The Morgan fingerprint density at radius 3 is 2.48 bits per heavy atom. The third-order valence-electron chi connectivity index (χ3n) is 3.55. The number of hydrogen-bond acceptors (Lipinski definition) is 5. The normalized spacial score (nSPS) is 17.0. The Labute approximate surface area is 122 Å². The van der Waals surface area contributed by atoms with E-state index in [0.29, 0.717) is 26.2 Å². The number of aromatic nitrogens is 2. The van der Waals surface area contributed by atoms with Gasteiger partial charge in [0.15, 0.2) is 5.03 Å². The number of imidazole rings is 1. The number of anilines is 1. The number of sulfonamides is 1. The zero-order valence-corrected chi connectivity index (χ0v) is 12.1. The van der Waals surface area contributed by atoms with E-state index in [0.717, 1.165) is 5.69 Å². The van der Waals surface area contributed by atoms with Gasteiger partial charge in [-0.2, -0.15) is 4.31 Å².